The molecular formula is C48H102O3PSi2+. The van der Waals surface area contributed by atoms with Gasteiger partial charge >= 0.3 is 8.25 Å². The van der Waals surface area contributed by atoms with Crippen LogP contribution in [0.15, 0.2) is 0 Å². The van der Waals surface area contributed by atoms with E-state index in [9.17, 15) is 0 Å². The van der Waals surface area contributed by atoms with Gasteiger partial charge in [-0.1, -0.05) is 244 Å². The number of hydrogen-bond donors (Lipinski definition) is 0. The van der Waals surface area contributed by atoms with Gasteiger partial charge in [-0.15, -0.1) is 0 Å². The van der Waals surface area contributed by atoms with E-state index in [0.29, 0.717) is 35.1 Å². The summed E-state index contributed by atoms with van der Waals surface area (Å²) in [5, 5.41) is 0. The van der Waals surface area contributed by atoms with Crippen LogP contribution >= 0.6 is 8.25 Å². The van der Waals surface area contributed by atoms with Crippen molar-refractivity contribution in [2.45, 2.75) is 279 Å². The second-order valence-electron chi connectivity index (χ2n) is 18.4. The van der Waals surface area contributed by atoms with Crippen LogP contribution in [0, 0.1) is 29.6 Å². The Balaban J connectivity index is 7.51. The highest BCUT2D eigenvalue weighted by Gasteiger charge is 2.55. The third-order valence-corrected chi connectivity index (χ3v) is 26.8. The molecule has 0 aromatic rings. The van der Waals surface area contributed by atoms with E-state index in [0.717, 1.165) is 6.42 Å². The fourth-order valence-electron chi connectivity index (χ4n) is 10.0. The van der Waals surface area contributed by atoms with Crippen LogP contribution in [0.2, 0.25) is 35.8 Å². The summed E-state index contributed by atoms with van der Waals surface area (Å²) >= 11 is 0. The summed E-state index contributed by atoms with van der Waals surface area (Å²) in [6, 6.07) is 5.93. The molecule has 0 N–H and O–H groups in total. The van der Waals surface area contributed by atoms with Crippen LogP contribution in [0.5, 0.6) is 0 Å². The summed E-state index contributed by atoms with van der Waals surface area (Å²) in [4.78, 5) is 0. The summed E-state index contributed by atoms with van der Waals surface area (Å²) in [5.41, 5.74) is 0.558. The Morgan fingerprint density at radius 3 is 0.963 bits per heavy atom. The third kappa shape index (κ3) is 22.6. The van der Waals surface area contributed by atoms with Crippen molar-refractivity contribution < 1.29 is 13.0 Å². The van der Waals surface area contributed by atoms with Crippen molar-refractivity contribution in [3.05, 3.63) is 0 Å². The summed E-state index contributed by atoms with van der Waals surface area (Å²) in [5.74, 6) is 3.35. The van der Waals surface area contributed by atoms with Gasteiger partial charge in [-0.2, -0.15) is 8.43 Å². The van der Waals surface area contributed by atoms with Crippen LogP contribution in [0.3, 0.4) is 0 Å². The normalized spacial score (nSPS) is 18.0. The van der Waals surface area contributed by atoms with Crippen molar-refractivity contribution in [2.24, 2.45) is 29.6 Å². The molecule has 0 saturated carbocycles. The molecule has 6 heteroatoms. The first-order valence-electron chi connectivity index (χ1n) is 24.9. The van der Waals surface area contributed by atoms with Gasteiger partial charge in [0.1, 0.15) is 0 Å². The Labute approximate surface area is 345 Å². The maximum absolute atomic E-state index is 15.4. The molecule has 0 bridgehead atoms. The second-order valence-corrected chi connectivity index (χ2v) is 27.6. The van der Waals surface area contributed by atoms with Crippen molar-refractivity contribution in [3.63, 3.8) is 0 Å². The van der Waals surface area contributed by atoms with Gasteiger partial charge < -0.3 is 0 Å². The molecule has 0 aromatic carbocycles. The molecule has 0 fully saturated rings. The molecule has 0 amide bonds. The highest BCUT2D eigenvalue weighted by Crippen LogP contribution is 2.52. The van der Waals surface area contributed by atoms with Crippen LogP contribution in [-0.4, -0.2) is 16.6 Å². The Kier molecular flexibility index (Phi) is 34.6. The molecule has 0 aliphatic rings. The van der Waals surface area contributed by atoms with Gasteiger partial charge in [-0.05, 0) is 65.4 Å². The molecule has 7 atom stereocenters. The smallest absolute Gasteiger partial charge is 0.176 e. The standard InChI is InChI=1S/C48H102O3PSi2/c1-13-25-31-37-48(24-12)54(41-46(22-10)35-29-17-5,42-47(23-11)36-30-18-6)51-52(49)50-53(38-43(19-7)32-26-14-2,39-44(20-8)33-27-15-3)40-45(21-9)34-28-16-4/h43-48H,13-42H2,1-12H3/q+1. The van der Waals surface area contributed by atoms with Crippen molar-refractivity contribution >= 4 is 24.9 Å². The molecule has 0 aliphatic carbocycles. The van der Waals surface area contributed by atoms with E-state index in [-0.39, 0.29) is 0 Å². The predicted molar refractivity (Wildman–Crippen MR) is 250 cm³/mol. The fourth-order valence-corrected chi connectivity index (χ4v) is 25.4. The Morgan fingerprint density at radius 2 is 0.685 bits per heavy atom. The minimum absolute atomic E-state index is 0.558. The lowest BCUT2D eigenvalue weighted by molar-refractivity contribution is 0.343. The molecule has 0 spiro atoms. The lowest BCUT2D eigenvalue weighted by Gasteiger charge is -2.39. The quantitative estimate of drug-likeness (QED) is 0.0351. The second kappa shape index (κ2) is 34.3. The van der Waals surface area contributed by atoms with Crippen molar-refractivity contribution in [1.82, 2.24) is 0 Å². The number of hydrogen-bond acceptors (Lipinski definition) is 3. The Bertz CT molecular complexity index is 792. The molecule has 0 saturated heterocycles. The summed E-state index contributed by atoms with van der Waals surface area (Å²) in [7, 11) is -7.14. The van der Waals surface area contributed by atoms with Crippen LogP contribution < -0.4 is 0 Å². The first-order chi connectivity index (χ1) is 26.1. The van der Waals surface area contributed by atoms with Crippen LogP contribution in [0.1, 0.15) is 244 Å². The van der Waals surface area contributed by atoms with Crippen LogP contribution in [0.25, 0.3) is 0 Å². The van der Waals surface area contributed by atoms with E-state index in [4.69, 9.17) is 8.43 Å². The number of unbranched alkanes of at least 4 members (excludes halogenated alkanes) is 7. The van der Waals surface area contributed by atoms with Crippen molar-refractivity contribution in [1.29, 1.82) is 0 Å². The molecular weight excluding hydrogens is 712 g/mol. The Hall–Kier alpha value is 0.454. The van der Waals surface area contributed by atoms with Crippen molar-refractivity contribution in [2.75, 3.05) is 0 Å². The maximum atomic E-state index is 15.4. The molecule has 0 radical (unpaired) electrons. The molecule has 0 heterocycles. The molecule has 3 nitrogen and oxygen atoms in total. The van der Waals surface area contributed by atoms with Gasteiger partial charge in [0, 0.05) is 4.57 Å². The van der Waals surface area contributed by atoms with Crippen LogP contribution in [-0.2, 0) is 13.0 Å². The molecule has 0 rings (SSSR count). The van der Waals surface area contributed by atoms with Gasteiger partial charge in [0.25, 0.3) is 16.6 Å². The van der Waals surface area contributed by atoms with Crippen LogP contribution in [0.4, 0.5) is 0 Å². The predicted octanol–water partition coefficient (Wildman–Crippen LogP) is 19.0. The van der Waals surface area contributed by atoms with E-state index in [1.807, 2.05) is 0 Å². The summed E-state index contributed by atoms with van der Waals surface area (Å²) in [6.07, 6.45) is 31.5. The zero-order valence-corrected chi connectivity index (χ0v) is 42.2. The first kappa shape index (κ1) is 54.5. The zero-order valence-electron chi connectivity index (χ0n) is 39.3. The maximum Gasteiger partial charge on any atom is 0.673 e. The van der Waals surface area contributed by atoms with E-state index < -0.39 is 24.9 Å². The minimum Gasteiger partial charge on any atom is -0.176 e. The molecule has 324 valence electrons. The molecule has 0 aromatic heterocycles. The van der Waals surface area contributed by atoms with E-state index in [1.165, 1.54) is 184 Å². The first-order valence-corrected chi connectivity index (χ1v) is 31.0. The Morgan fingerprint density at radius 1 is 0.370 bits per heavy atom. The third-order valence-electron chi connectivity index (χ3n) is 13.9. The lowest BCUT2D eigenvalue weighted by Crippen LogP contribution is -2.47. The fraction of sp³-hybridized carbons (Fsp3) is 1.00. The van der Waals surface area contributed by atoms with Gasteiger partial charge in [-0.25, -0.2) is 0 Å². The van der Waals surface area contributed by atoms with E-state index >= 15 is 4.57 Å². The molecule has 7 unspecified atom stereocenters. The topological polar surface area (TPSA) is 35.5 Å². The van der Waals surface area contributed by atoms with E-state index in [2.05, 4.69) is 83.1 Å². The summed E-state index contributed by atoms with van der Waals surface area (Å²) < 4.78 is 30.7. The largest absolute Gasteiger partial charge is 0.673 e. The molecule has 54 heavy (non-hydrogen) atoms. The average molecular weight is 814 g/mol. The van der Waals surface area contributed by atoms with Gasteiger partial charge in [0.05, 0.1) is 0 Å². The van der Waals surface area contributed by atoms with Crippen molar-refractivity contribution in [3.8, 4) is 0 Å². The summed E-state index contributed by atoms with van der Waals surface area (Å²) in [6.45, 7) is 28.6. The highest BCUT2D eigenvalue weighted by atomic mass is 31.1. The SMILES string of the molecule is CCCCCC(CC)[Si](CC(CC)CCCC)(CC(CC)CCCC)O[P+](=O)O[Si](CC(CC)CCCC)(CC(CC)CCCC)CC(CC)CCCC. The van der Waals surface area contributed by atoms with E-state index in [1.54, 1.807) is 0 Å². The highest BCUT2D eigenvalue weighted by molar-refractivity contribution is 7.38. The van der Waals surface area contributed by atoms with Gasteiger partial charge in [-0.3, -0.25) is 0 Å². The van der Waals surface area contributed by atoms with Gasteiger partial charge in [0.2, 0.25) is 0 Å². The minimum atomic E-state index is -2.50. The lowest BCUT2D eigenvalue weighted by atomic mass is 10.0. The average Bonchev–Trinajstić information content (AvgIpc) is 3.18. The number of rotatable bonds is 40. The van der Waals surface area contributed by atoms with Gasteiger partial charge in [0.15, 0.2) is 0 Å². The zero-order chi connectivity index (χ0) is 40.7. The monoisotopic (exact) mass is 814 g/mol. The molecule has 0 aliphatic heterocycles.